The fourth-order valence-electron chi connectivity index (χ4n) is 2.76. The number of nitrogens with zero attached hydrogens (tertiary/aromatic N) is 2. The number of benzene rings is 1. The summed E-state index contributed by atoms with van der Waals surface area (Å²) in [7, 11) is 1.60. The molecule has 2 amide bonds. The van der Waals surface area contributed by atoms with Crippen molar-refractivity contribution in [2.45, 2.75) is 26.4 Å². The standard InChI is InChI=1S/C21H22N2O5S/c1-21(2,3)28-18(24)13-23-19(25)17(29-20(23)26)12-15-6-5-11-22(15)14-7-9-16(27-4)10-8-14/h5-12H,13H2,1-4H3/b17-12+. The number of hydrogen-bond acceptors (Lipinski definition) is 6. The molecule has 1 saturated heterocycles. The first-order valence-corrected chi connectivity index (χ1v) is 9.78. The highest BCUT2D eigenvalue weighted by molar-refractivity contribution is 8.18. The van der Waals surface area contributed by atoms with Crippen LogP contribution < -0.4 is 4.74 Å². The summed E-state index contributed by atoms with van der Waals surface area (Å²) < 4.78 is 12.3. The summed E-state index contributed by atoms with van der Waals surface area (Å²) in [6.07, 6.45) is 3.50. The van der Waals surface area contributed by atoms with Gasteiger partial charge in [0.1, 0.15) is 17.9 Å². The Morgan fingerprint density at radius 2 is 1.83 bits per heavy atom. The summed E-state index contributed by atoms with van der Waals surface area (Å²) in [5.41, 5.74) is 0.932. The molecule has 2 heterocycles. The van der Waals surface area contributed by atoms with E-state index in [0.717, 1.165) is 33.8 Å². The highest BCUT2D eigenvalue weighted by Gasteiger charge is 2.37. The number of methoxy groups -OCH3 is 1. The number of aromatic nitrogens is 1. The summed E-state index contributed by atoms with van der Waals surface area (Å²) in [5, 5.41) is -0.491. The van der Waals surface area contributed by atoms with Crippen LogP contribution in [0.5, 0.6) is 5.75 Å². The van der Waals surface area contributed by atoms with E-state index in [1.807, 2.05) is 47.2 Å². The van der Waals surface area contributed by atoms with Gasteiger partial charge in [-0.25, -0.2) is 0 Å². The molecule has 0 aliphatic carbocycles. The van der Waals surface area contributed by atoms with E-state index in [4.69, 9.17) is 9.47 Å². The number of imide groups is 1. The van der Waals surface area contributed by atoms with Crippen LogP contribution in [0.15, 0.2) is 47.5 Å². The molecule has 1 aliphatic heterocycles. The number of carbonyl (C=O) groups excluding carboxylic acids is 3. The third-order valence-corrected chi connectivity index (χ3v) is 4.90. The zero-order chi connectivity index (χ0) is 21.2. The lowest BCUT2D eigenvalue weighted by molar-refractivity contribution is -0.156. The van der Waals surface area contributed by atoms with Crippen LogP contribution in [0.2, 0.25) is 0 Å². The quantitative estimate of drug-likeness (QED) is 0.546. The van der Waals surface area contributed by atoms with Crippen molar-refractivity contribution in [1.82, 2.24) is 9.47 Å². The van der Waals surface area contributed by atoms with Crippen molar-refractivity contribution in [3.05, 3.63) is 53.2 Å². The Balaban J connectivity index is 1.80. The summed E-state index contributed by atoms with van der Waals surface area (Å²) >= 11 is 0.807. The molecular weight excluding hydrogens is 392 g/mol. The van der Waals surface area contributed by atoms with E-state index in [-0.39, 0.29) is 4.91 Å². The average molecular weight is 414 g/mol. The SMILES string of the molecule is COc1ccc(-n2cccc2/C=C2/SC(=O)N(CC(=O)OC(C)(C)C)C2=O)cc1. The molecular formula is C21H22N2O5S. The summed E-state index contributed by atoms with van der Waals surface area (Å²) in [4.78, 5) is 38.1. The minimum atomic E-state index is -0.687. The molecule has 0 N–H and O–H groups in total. The summed E-state index contributed by atoms with van der Waals surface area (Å²) in [6, 6.07) is 11.2. The Morgan fingerprint density at radius 1 is 1.14 bits per heavy atom. The minimum Gasteiger partial charge on any atom is -0.497 e. The molecule has 0 radical (unpaired) electrons. The monoisotopic (exact) mass is 414 g/mol. The third-order valence-electron chi connectivity index (χ3n) is 3.99. The van der Waals surface area contributed by atoms with E-state index in [0.29, 0.717) is 0 Å². The van der Waals surface area contributed by atoms with Gasteiger partial charge in [-0.1, -0.05) is 0 Å². The topological polar surface area (TPSA) is 77.8 Å². The van der Waals surface area contributed by atoms with Gasteiger partial charge in [0, 0.05) is 17.6 Å². The van der Waals surface area contributed by atoms with Crippen LogP contribution in [0.4, 0.5) is 4.79 Å². The maximum Gasteiger partial charge on any atom is 0.326 e. The van der Waals surface area contributed by atoms with Crippen LogP contribution >= 0.6 is 11.8 Å². The third kappa shape index (κ3) is 4.89. The zero-order valence-electron chi connectivity index (χ0n) is 16.7. The molecule has 0 spiro atoms. The lowest BCUT2D eigenvalue weighted by Crippen LogP contribution is -2.37. The number of amides is 2. The smallest absolute Gasteiger partial charge is 0.326 e. The molecule has 0 unspecified atom stereocenters. The van der Waals surface area contributed by atoms with Crippen molar-refractivity contribution in [1.29, 1.82) is 0 Å². The molecule has 0 atom stereocenters. The van der Waals surface area contributed by atoms with Gasteiger partial charge >= 0.3 is 5.97 Å². The highest BCUT2D eigenvalue weighted by atomic mass is 32.2. The van der Waals surface area contributed by atoms with Crippen LogP contribution in [-0.2, 0) is 14.3 Å². The van der Waals surface area contributed by atoms with Gasteiger partial charge in [0.05, 0.1) is 12.0 Å². The largest absolute Gasteiger partial charge is 0.497 e. The van der Waals surface area contributed by atoms with Crippen LogP contribution in [0.25, 0.3) is 11.8 Å². The Bertz CT molecular complexity index is 970. The minimum absolute atomic E-state index is 0.257. The molecule has 1 aliphatic rings. The molecule has 1 fully saturated rings. The predicted molar refractivity (Wildman–Crippen MR) is 111 cm³/mol. The Morgan fingerprint density at radius 3 is 2.45 bits per heavy atom. The second-order valence-corrected chi connectivity index (χ2v) is 8.35. The van der Waals surface area contributed by atoms with E-state index < -0.39 is 29.3 Å². The van der Waals surface area contributed by atoms with E-state index in [9.17, 15) is 14.4 Å². The van der Waals surface area contributed by atoms with Gasteiger partial charge in [0.15, 0.2) is 0 Å². The molecule has 2 aromatic rings. The molecule has 29 heavy (non-hydrogen) atoms. The van der Waals surface area contributed by atoms with Crippen molar-refractivity contribution in [3.63, 3.8) is 0 Å². The number of ether oxygens (including phenoxy) is 2. The van der Waals surface area contributed by atoms with Crippen LogP contribution in [-0.4, -0.2) is 45.8 Å². The molecule has 152 valence electrons. The van der Waals surface area contributed by atoms with Gasteiger partial charge in [0.2, 0.25) is 0 Å². The first-order chi connectivity index (χ1) is 13.7. The van der Waals surface area contributed by atoms with E-state index in [2.05, 4.69) is 0 Å². The number of thioether (sulfide) groups is 1. The first kappa shape index (κ1) is 20.7. The van der Waals surface area contributed by atoms with Crippen molar-refractivity contribution >= 4 is 35.0 Å². The number of rotatable bonds is 5. The number of carbonyl (C=O) groups is 3. The lowest BCUT2D eigenvalue weighted by atomic mass is 10.2. The maximum absolute atomic E-state index is 12.7. The van der Waals surface area contributed by atoms with E-state index >= 15 is 0 Å². The average Bonchev–Trinajstić information content (AvgIpc) is 3.21. The molecule has 0 saturated carbocycles. The highest BCUT2D eigenvalue weighted by Crippen LogP contribution is 2.32. The van der Waals surface area contributed by atoms with Crippen molar-refractivity contribution in [2.75, 3.05) is 13.7 Å². The second kappa shape index (κ2) is 8.16. The molecule has 7 nitrogen and oxygen atoms in total. The van der Waals surface area contributed by atoms with Gasteiger partial charge in [-0.05, 0) is 75.0 Å². The Hall–Kier alpha value is -3.00. The Labute approximate surface area is 173 Å². The zero-order valence-corrected chi connectivity index (χ0v) is 17.5. The normalized spacial score (nSPS) is 15.9. The maximum atomic E-state index is 12.7. The van der Waals surface area contributed by atoms with Gasteiger partial charge in [-0.3, -0.25) is 19.3 Å². The molecule has 8 heteroatoms. The molecule has 3 rings (SSSR count). The Kier molecular flexibility index (Phi) is 5.83. The lowest BCUT2D eigenvalue weighted by Gasteiger charge is -2.21. The van der Waals surface area contributed by atoms with Crippen LogP contribution in [0.1, 0.15) is 26.5 Å². The van der Waals surface area contributed by atoms with Gasteiger partial charge in [-0.2, -0.15) is 0 Å². The fourth-order valence-corrected chi connectivity index (χ4v) is 3.59. The number of hydrogen-bond donors (Lipinski definition) is 0. The van der Waals surface area contributed by atoms with Crippen molar-refractivity contribution < 1.29 is 23.9 Å². The second-order valence-electron chi connectivity index (χ2n) is 7.36. The van der Waals surface area contributed by atoms with Crippen LogP contribution in [0.3, 0.4) is 0 Å². The predicted octanol–water partition coefficient (Wildman–Crippen LogP) is 3.86. The first-order valence-electron chi connectivity index (χ1n) is 8.97. The van der Waals surface area contributed by atoms with Crippen LogP contribution in [0, 0.1) is 0 Å². The van der Waals surface area contributed by atoms with Gasteiger partial charge < -0.3 is 14.0 Å². The number of esters is 1. The summed E-state index contributed by atoms with van der Waals surface area (Å²) in [6.45, 7) is 4.78. The van der Waals surface area contributed by atoms with Gasteiger partial charge in [0.25, 0.3) is 11.1 Å². The van der Waals surface area contributed by atoms with E-state index in [1.54, 1.807) is 34.0 Å². The molecule has 1 aromatic heterocycles. The van der Waals surface area contributed by atoms with Crippen molar-refractivity contribution in [2.24, 2.45) is 0 Å². The summed E-state index contributed by atoms with van der Waals surface area (Å²) in [5.74, 6) is -0.387. The van der Waals surface area contributed by atoms with Crippen molar-refractivity contribution in [3.8, 4) is 11.4 Å². The fraction of sp³-hybridized carbons (Fsp3) is 0.286. The van der Waals surface area contributed by atoms with E-state index in [1.165, 1.54) is 0 Å². The van der Waals surface area contributed by atoms with Gasteiger partial charge in [-0.15, -0.1) is 0 Å². The molecule has 1 aromatic carbocycles. The molecule has 0 bridgehead atoms.